The first-order valence-electron chi connectivity index (χ1n) is 9.96. The fraction of sp³-hybridized carbons (Fsp3) is 0.455. The molecule has 0 unspecified atom stereocenters. The van der Waals surface area contributed by atoms with Gasteiger partial charge in [-0.3, -0.25) is 4.79 Å². The van der Waals surface area contributed by atoms with E-state index in [1.54, 1.807) is 4.90 Å². The molecule has 1 fully saturated rings. The molecule has 1 saturated heterocycles. The van der Waals surface area contributed by atoms with Gasteiger partial charge in [-0.1, -0.05) is 17.7 Å². The van der Waals surface area contributed by atoms with Crippen LogP contribution in [0.2, 0.25) is 5.02 Å². The number of piperidine rings is 1. The van der Waals surface area contributed by atoms with Gasteiger partial charge in [0.1, 0.15) is 17.3 Å². The van der Waals surface area contributed by atoms with Crippen molar-refractivity contribution in [1.82, 2.24) is 15.2 Å². The number of hydrogen-bond donors (Lipinski definition) is 1. The second kappa shape index (κ2) is 9.27. The van der Waals surface area contributed by atoms with Gasteiger partial charge in [0.2, 0.25) is 0 Å². The summed E-state index contributed by atoms with van der Waals surface area (Å²) in [7, 11) is 3.89. The molecule has 8 heteroatoms. The Bertz CT molecular complexity index is 914. The Kier molecular flexibility index (Phi) is 6.93. The number of aryl methyl sites for hydroxylation is 1. The van der Waals surface area contributed by atoms with E-state index in [-0.39, 0.29) is 30.3 Å². The topological polar surface area (TPSA) is 48.5 Å². The number of anilines is 1. The molecule has 162 valence electrons. The monoisotopic (exact) mass is 436 g/mol. The Hall–Kier alpha value is -2.25. The Labute approximate surface area is 181 Å². The fourth-order valence-electron chi connectivity index (χ4n) is 3.62. The zero-order valence-corrected chi connectivity index (χ0v) is 18.3. The summed E-state index contributed by atoms with van der Waals surface area (Å²) < 4.78 is 28.5. The highest BCUT2D eigenvalue weighted by molar-refractivity contribution is 6.31. The molecule has 30 heavy (non-hydrogen) atoms. The van der Waals surface area contributed by atoms with Crippen LogP contribution in [0.15, 0.2) is 30.3 Å². The highest BCUT2D eigenvalue weighted by atomic mass is 35.5. The summed E-state index contributed by atoms with van der Waals surface area (Å²) in [6.45, 7) is 3.29. The van der Waals surface area contributed by atoms with Crippen molar-refractivity contribution >= 4 is 23.3 Å². The molecule has 0 spiro atoms. The van der Waals surface area contributed by atoms with Crippen LogP contribution < -0.4 is 10.2 Å². The quantitative estimate of drug-likeness (QED) is 0.744. The summed E-state index contributed by atoms with van der Waals surface area (Å²) in [6, 6.07) is 7.84. The van der Waals surface area contributed by atoms with Crippen LogP contribution in [0, 0.1) is 12.7 Å². The summed E-state index contributed by atoms with van der Waals surface area (Å²) in [4.78, 5) is 20.7. The van der Waals surface area contributed by atoms with Crippen LogP contribution >= 0.6 is 11.6 Å². The van der Waals surface area contributed by atoms with E-state index >= 15 is 4.39 Å². The number of hydrogen-bond acceptors (Lipinski definition) is 4. The van der Waals surface area contributed by atoms with Crippen LogP contribution in [0.5, 0.6) is 0 Å². The molecule has 2 heterocycles. The van der Waals surface area contributed by atoms with E-state index in [4.69, 9.17) is 11.6 Å². The Morgan fingerprint density at radius 1 is 1.27 bits per heavy atom. The molecule has 1 N–H and O–H groups in total. The lowest BCUT2D eigenvalue weighted by molar-refractivity contribution is 0.0434. The molecule has 0 radical (unpaired) electrons. The number of benzene rings is 1. The van der Waals surface area contributed by atoms with E-state index in [1.807, 2.05) is 38.1 Å². The summed E-state index contributed by atoms with van der Waals surface area (Å²) in [5.41, 5.74) is 0.874. The van der Waals surface area contributed by atoms with Crippen molar-refractivity contribution in [1.29, 1.82) is 0 Å². The molecule has 1 aliphatic rings. The number of nitrogens with one attached hydrogen (secondary N) is 1. The number of pyridine rings is 1. The Morgan fingerprint density at radius 3 is 2.60 bits per heavy atom. The van der Waals surface area contributed by atoms with Crippen molar-refractivity contribution in [2.45, 2.75) is 32.0 Å². The predicted molar refractivity (Wildman–Crippen MR) is 115 cm³/mol. The molecule has 1 aromatic carbocycles. The van der Waals surface area contributed by atoms with E-state index in [1.165, 1.54) is 18.2 Å². The van der Waals surface area contributed by atoms with E-state index < -0.39 is 11.5 Å². The zero-order valence-electron chi connectivity index (χ0n) is 17.5. The van der Waals surface area contributed by atoms with Gasteiger partial charge >= 0.3 is 0 Å². The summed E-state index contributed by atoms with van der Waals surface area (Å²) >= 11 is 5.76. The number of aromatic nitrogens is 1. The molecular weight excluding hydrogens is 410 g/mol. The molecule has 3 rings (SSSR count). The van der Waals surface area contributed by atoms with Gasteiger partial charge in [0.05, 0.1) is 10.7 Å². The van der Waals surface area contributed by atoms with Crippen molar-refractivity contribution in [2.24, 2.45) is 0 Å². The molecule has 1 amide bonds. The van der Waals surface area contributed by atoms with E-state index in [9.17, 15) is 9.18 Å². The summed E-state index contributed by atoms with van der Waals surface area (Å²) in [5, 5.41) is 3.07. The second-order valence-corrected chi connectivity index (χ2v) is 8.42. The fourth-order valence-corrected chi connectivity index (χ4v) is 3.80. The van der Waals surface area contributed by atoms with Crippen molar-refractivity contribution in [3.8, 4) is 0 Å². The van der Waals surface area contributed by atoms with Gasteiger partial charge < -0.3 is 15.1 Å². The lowest BCUT2D eigenvalue weighted by Crippen LogP contribution is -2.48. The first kappa shape index (κ1) is 22.4. The average molecular weight is 437 g/mol. The zero-order chi connectivity index (χ0) is 21.9. The van der Waals surface area contributed by atoms with Gasteiger partial charge in [-0.2, -0.15) is 0 Å². The number of halogens is 3. The van der Waals surface area contributed by atoms with Crippen LogP contribution in [-0.4, -0.2) is 55.2 Å². The third kappa shape index (κ3) is 5.26. The molecule has 2 aromatic rings. The third-order valence-corrected chi connectivity index (χ3v) is 5.70. The van der Waals surface area contributed by atoms with Gasteiger partial charge in [-0.25, -0.2) is 13.8 Å². The van der Waals surface area contributed by atoms with Crippen LogP contribution in [0.3, 0.4) is 0 Å². The van der Waals surface area contributed by atoms with Crippen LogP contribution in [-0.2, 0) is 6.54 Å². The standard InChI is InChI=1S/C22H27ClF2N4O/c1-15-4-6-17(27-20(15)28(2)3)13-26-14-22(25)8-10-29(11-9-22)21(30)16-5-7-19(24)18(23)12-16/h4-7,12,26H,8-11,13-14H2,1-3H3. The second-order valence-electron chi connectivity index (χ2n) is 8.01. The lowest BCUT2D eigenvalue weighted by atomic mass is 9.92. The molecule has 0 aliphatic carbocycles. The van der Waals surface area contributed by atoms with Crippen molar-refractivity contribution in [3.05, 3.63) is 58.0 Å². The molecule has 0 saturated carbocycles. The predicted octanol–water partition coefficient (Wildman–Crippen LogP) is 3.98. The number of likely N-dealkylation sites (tertiary alicyclic amines) is 1. The van der Waals surface area contributed by atoms with Gasteiger partial charge in [-0.05, 0) is 36.8 Å². The minimum absolute atomic E-state index is 0.0935. The third-order valence-electron chi connectivity index (χ3n) is 5.41. The molecule has 5 nitrogen and oxygen atoms in total. The van der Waals surface area contributed by atoms with E-state index in [0.717, 1.165) is 17.1 Å². The summed E-state index contributed by atoms with van der Waals surface area (Å²) in [6.07, 6.45) is 0.482. The van der Waals surface area contributed by atoms with Crippen LogP contribution in [0.4, 0.5) is 14.6 Å². The molecule has 1 aliphatic heterocycles. The highest BCUT2D eigenvalue weighted by Crippen LogP contribution is 2.27. The Morgan fingerprint density at radius 2 is 1.97 bits per heavy atom. The largest absolute Gasteiger partial charge is 0.363 e. The van der Waals surface area contributed by atoms with Crippen molar-refractivity contribution in [2.75, 3.05) is 38.6 Å². The van der Waals surface area contributed by atoms with Gasteiger partial charge in [0, 0.05) is 58.7 Å². The van der Waals surface area contributed by atoms with Crippen molar-refractivity contribution < 1.29 is 13.6 Å². The van der Waals surface area contributed by atoms with E-state index in [2.05, 4.69) is 10.3 Å². The maximum absolute atomic E-state index is 15.2. The van der Waals surface area contributed by atoms with Crippen molar-refractivity contribution in [3.63, 3.8) is 0 Å². The first-order chi connectivity index (χ1) is 14.2. The number of carbonyl (C=O) groups excluding carboxylic acids is 1. The number of carbonyl (C=O) groups is 1. The molecular formula is C22H27ClF2N4O. The normalized spacial score (nSPS) is 15.9. The number of rotatable bonds is 6. The lowest BCUT2D eigenvalue weighted by Gasteiger charge is -2.36. The molecule has 0 atom stereocenters. The van der Waals surface area contributed by atoms with Crippen LogP contribution in [0.1, 0.15) is 34.5 Å². The SMILES string of the molecule is Cc1ccc(CNCC2(F)CCN(C(=O)c3ccc(F)c(Cl)c3)CC2)nc1N(C)C. The van der Waals surface area contributed by atoms with Gasteiger partial charge in [0.15, 0.2) is 0 Å². The minimum atomic E-state index is -1.38. The molecule has 1 aromatic heterocycles. The van der Waals surface area contributed by atoms with Gasteiger partial charge in [0.25, 0.3) is 5.91 Å². The minimum Gasteiger partial charge on any atom is -0.363 e. The molecule has 0 bridgehead atoms. The number of nitrogens with zero attached hydrogens (tertiary/aromatic N) is 3. The number of amides is 1. The van der Waals surface area contributed by atoms with Crippen LogP contribution in [0.25, 0.3) is 0 Å². The summed E-state index contributed by atoms with van der Waals surface area (Å²) in [5.74, 6) is 0.0745. The van der Waals surface area contributed by atoms with Gasteiger partial charge in [-0.15, -0.1) is 0 Å². The first-order valence-corrected chi connectivity index (χ1v) is 10.3. The van der Waals surface area contributed by atoms with E-state index in [0.29, 0.717) is 25.2 Å². The average Bonchev–Trinajstić information content (AvgIpc) is 2.71. The smallest absolute Gasteiger partial charge is 0.253 e. The highest BCUT2D eigenvalue weighted by Gasteiger charge is 2.36. The maximum atomic E-state index is 15.2. The number of alkyl halides is 1. The Balaban J connectivity index is 1.52. The maximum Gasteiger partial charge on any atom is 0.253 e.